The average molecular weight is 325 g/mol. The van der Waals surface area contributed by atoms with Crippen molar-refractivity contribution in [3.05, 3.63) is 48.8 Å². The Morgan fingerprint density at radius 1 is 1.29 bits per heavy atom. The zero-order valence-corrected chi connectivity index (χ0v) is 13.7. The zero-order valence-electron chi connectivity index (χ0n) is 13.7. The molecule has 2 heterocycles. The Bertz CT molecular complexity index is 748. The van der Waals surface area contributed by atoms with Gasteiger partial charge in [-0.05, 0) is 38.1 Å². The van der Waals surface area contributed by atoms with Crippen molar-refractivity contribution >= 4 is 23.2 Å². The third-order valence-electron chi connectivity index (χ3n) is 3.94. The van der Waals surface area contributed by atoms with Crippen LogP contribution < -0.4 is 14.5 Å². The molecular formula is C18H19N3O3. The number of benzene rings is 1. The Morgan fingerprint density at radius 3 is 2.79 bits per heavy atom. The standard InChI is InChI=1S/C18H19N3O3/c1-3-20(14-7-6-10-19-11-14)17(22)12-21-15-8-4-5-9-16(15)24-13(2)18(21)23/h4-11,13H,3,12H2,1-2H3/t13-/m0/s1. The highest BCUT2D eigenvalue weighted by Crippen LogP contribution is 2.33. The van der Waals surface area contributed by atoms with Crippen LogP contribution in [0, 0.1) is 0 Å². The molecule has 2 aromatic rings. The molecule has 6 nitrogen and oxygen atoms in total. The maximum Gasteiger partial charge on any atom is 0.268 e. The van der Waals surface area contributed by atoms with Crippen molar-refractivity contribution in [3.8, 4) is 5.75 Å². The van der Waals surface area contributed by atoms with Gasteiger partial charge in [-0.3, -0.25) is 19.5 Å². The molecule has 0 saturated carbocycles. The average Bonchev–Trinajstić information content (AvgIpc) is 2.60. The van der Waals surface area contributed by atoms with Crippen LogP contribution in [-0.2, 0) is 9.59 Å². The molecule has 0 unspecified atom stereocenters. The van der Waals surface area contributed by atoms with Gasteiger partial charge in [0.25, 0.3) is 5.91 Å². The van der Waals surface area contributed by atoms with Gasteiger partial charge in [0.2, 0.25) is 5.91 Å². The molecule has 1 atom stereocenters. The summed E-state index contributed by atoms with van der Waals surface area (Å²) in [5.74, 6) is 0.230. The second-order valence-electron chi connectivity index (χ2n) is 5.50. The highest BCUT2D eigenvalue weighted by atomic mass is 16.5. The van der Waals surface area contributed by atoms with Crippen LogP contribution in [0.3, 0.4) is 0 Å². The fourth-order valence-electron chi connectivity index (χ4n) is 2.76. The molecule has 0 aliphatic carbocycles. The summed E-state index contributed by atoms with van der Waals surface area (Å²) in [7, 11) is 0. The molecular weight excluding hydrogens is 306 g/mol. The number of hydrogen-bond acceptors (Lipinski definition) is 4. The van der Waals surface area contributed by atoms with Crippen LogP contribution in [0.2, 0.25) is 0 Å². The first-order valence-corrected chi connectivity index (χ1v) is 7.89. The SMILES string of the molecule is CCN(C(=O)CN1C(=O)[C@H](C)Oc2ccccc21)c1cccnc1. The molecule has 124 valence electrons. The van der Waals surface area contributed by atoms with Crippen LogP contribution in [0.4, 0.5) is 11.4 Å². The van der Waals surface area contributed by atoms with Gasteiger partial charge in [-0.1, -0.05) is 12.1 Å². The number of aromatic nitrogens is 1. The van der Waals surface area contributed by atoms with Gasteiger partial charge in [0.1, 0.15) is 12.3 Å². The van der Waals surface area contributed by atoms with E-state index in [1.165, 1.54) is 4.90 Å². The Balaban J connectivity index is 1.86. The molecule has 0 spiro atoms. The van der Waals surface area contributed by atoms with Crippen LogP contribution in [-0.4, -0.2) is 36.0 Å². The maximum atomic E-state index is 12.8. The third kappa shape index (κ3) is 2.95. The second-order valence-corrected chi connectivity index (χ2v) is 5.50. The van der Waals surface area contributed by atoms with Crippen molar-refractivity contribution in [1.29, 1.82) is 0 Å². The number of anilines is 2. The summed E-state index contributed by atoms with van der Waals surface area (Å²) in [5, 5.41) is 0. The Morgan fingerprint density at radius 2 is 2.08 bits per heavy atom. The minimum Gasteiger partial charge on any atom is -0.479 e. The lowest BCUT2D eigenvalue weighted by atomic mass is 10.2. The van der Waals surface area contributed by atoms with E-state index in [1.54, 1.807) is 42.4 Å². The summed E-state index contributed by atoms with van der Waals surface area (Å²) >= 11 is 0. The number of carbonyl (C=O) groups is 2. The molecule has 0 radical (unpaired) electrons. The molecule has 1 aliphatic heterocycles. The molecule has 0 saturated heterocycles. The zero-order chi connectivity index (χ0) is 17.1. The van der Waals surface area contributed by atoms with Crippen molar-refractivity contribution < 1.29 is 14.3 Å². The molecule has 1 aromatic carbocycles. The Labute approximate surface area is 140 Å². The van der Waals surface area contributed by atoms with Crippen molar-refractivity contribution in [2.45, 2.75) is 20.0 Å². The first-order valence-electron chi connectivity index (χ1n) is 7.89. The van der Waals surface area contributed by atoms with Gasteiger partial charge in [0, 0.05) is 12.7 Å². The van der Waals surface area contributed by atoms with E-state index in [1.807, 2.05) is 25.1 Å². The molecule has 1 aliphatic rings. The molecule has 0 fully saturated rings. The summed E-state index contributed by atoms with van der Waals surface area (Å²) in [6.07, 6.45) is 2.69. The fraction of sp³-hybridized carbons (Fsp3) is 0.278. The summed E-state index contributed by atoms with van der Waals surface area (Å²) in [5.41, 5.74) is 1.34. The van der Waals surface area contributed by atoms with Crippen LogP contribution >= 0.6 is 0 Å². The van der Waals surface area contributed by atoms with Crippen LogP contribution in [0.1, 0.15) is 13.8 Å². The molecule has 1 aromatic heterocycles. The molecule has 3 rings (SSSR count). The number of rotatable bonds is 4. The van der Waals surface area contributed by atoms with E-state index in [0.29, 0.717) is 23.7 Å². The molecule has 0 N–H and O–H groups in total. The van der Waals surface area contributed by atoms with E-state index in [9.17, 15) is 9.59 Å². The monoisotopic (exact) mass is 325 g/mol. The summed E-state index contributed by atoms with van der Waals surface area (Å²) < 4.78 is 5.60. The highest BCUT2D eigenvalue weighted by Gasteiger charge is 2.33. The van der Waals surface area contributed by atoms with Gasteiger partial charge in [-0.25, -0.2) is 0 Å². The lowest BCUT2D eigenvalue weighted by Gasteiger charge is -2.33. The number of para-hydroxylation sites is 2. The predicted molar refractivity (Wildman–Crippen MR) is 91.1 cm³/mol. The predicted octanol–water partition coefficient (Wildman–Crippen LogP) is 2.25. The Kier molecular flexibility index (Phi) is 4.46. The molecule has 6 heteroatoms. The molecule has 2 amide bonds. The van der Waals surface area contributed by atoms with E-state index < -0.39 is 6.10 Å². The van der Waals surface area contributed by atoms with Crippen LogP contribution in [0.5, 0.6) is 5.75 Å². The van der Waals surface area contributed by atoms with Crippen LogP contribution in [0.25, 0.3) is 0 Å². The molecule has 24 heavy (non-hydrogen) atoms. The number of fused-ring (bicyclic) bond motifs is 1. The summed E-state index contributed by atoms with van der Waals surface area (Å²) in [6.45, 7) is 4.05. The highest BCUT2D eigenvalue weighted by molar-refractivity contribution is 6.06. The van der Waals surface area contributed by atoms with E-state index in [2.05, 4.69) is 4.98 Å². The van der Waals surface area contributed by atoms with Gasteiger partial charge in [0.05, 0.1) is 17.6 Å². The number of likely N-dealkylation sites (N-methyl/N-ethyl adjacent to an activating group) is 1. The van der Waals surface area contributed by atoms with E-state index in [-0.39, 0.29) is 18.4 Å². The quantitative estimate of drug-likeness (QED) is 0.865. The van der Waals surface area contributed by atoms with E-state index in [0.717, 1.165) is 0 Å². The summed E-state index contributed by atoms with van der Waals surface area (Å²) in [6, 6.07) is 10.9. The van der Waals surface area contributed by atoms with Crippen LogP contribution in [0.15, 0.2) is 48.8 Å². The Hall–Kier alpha value is -2.89. The first kappa shape index (κ1) is 16.0. The van der Waals surface area contributed by atoms with E-state index in [4.69, 9.17) is 4.74 Å². The number of ether oxygens (including phenoxy) is 1. The van der Waals surface area contributed by atoms with E-state index >= 15 is 0 Å². The summed E-state index contributed by atoms with van der Waals surface area (Å²) in [4.78, 5) is 32.4. The third-order valence-corrected chi connectivity index (χ3v) is 3.94. The molecule has 0 bridgehead atoms. The maximum absolute atomic E-state index is 12.8. The fourth-order valence-corrected chi connectivity index (χ4v) is 2.76. The van der Waals surface area contributed by atoms with Crippen molar-refractivity contribution in [1.82, 2.24) is 4.98 Å². The normalized spacial score (nSPS) is 16.3. The smallest absolute Gasteiger partial charge is 0.268 e. The number of amides is 2. The number of carbonyl (C=O) groups excluding carboxylic acids is 2. The van der Waals surface area contributed by atoms with Gasteiger partial charge >= 0.3 is 0 Å². The van der Waals surface area contributed by atoms with Gasteiger partial charge in [-0.2, -0.15) is 0 Å². The number of hydrogen-bond donors (Lipinski definition) is 0. The van der Waals surface area contributed by atoms with Gasteiger partial charge in [0.15, 0.2) is 6.10 Å². The lowest BCUT2D eigenvalue weighted by Crippen LogP contribution is -2.49. The second kappa shape index (κ2) is 6.70. The van der Waals surface area contributed by atoms with Gasteiger partial charge < -0.3 is 9.64 Å². The minimum atomic E-state index is -0.610. The van der Waals surface area contributed by atoms with Gasteiger partial charge in [-0.15, -0.1) is 0 Å². The largest absolute Gasteiger partial charge is 0.479 e. The number of nitrogens with zero attached hydrogens (tertiary/aromatic N) is 3. The lowest BCUT2D eigenvalue weighted by molar-refractivity contribution is -0.127. The topological polar surface area (TPSA) is 62.7 Å². The minimum absolute atomic E-state index is 0.0354. The van der Waals surface area contributed by atoms with Crippen molar-refractivity contribution in [2.24, 2.45) is 0 Å². The van der Waals surface area contributed by atoms with Crippen molar-refractivity contribution in [3.63, 3.8) is 0 Å². The van der Waals surface area contributed by atoms with Crippen molar-refractivity contribution in [2.75, 3.05) is 22.9 Å². The number of pyridine rings is 1. The first-order chi connectivity index (χ1) is 11.6.